The van der Waals surface area contributed by atoms with Crippen molar-refractivity contribution in [1.82, 2.24) is 0 Å². The van der Waals surface area contributed by atoms with Gasteiger partial charge >= 0.3 is 29.0 Å². The summed E-state index contributed by atoms with van der Waals surface area (Å²) in [7, 11) is 0. The van der Waals surface area contributed by atoms with Gasteiger partial charge in [-0.15, -0.1) is 0 Å². The van der Waals surface area contributed by atoms with E-state index in [0.717, 1.165) is 0 Å². The molecule has 2 rings (SSSR count). The summed E-state index contributed by atoms with van der Waals surface area (Å²) in [5, 5.41) is 70.1. The molecule has 2 aliphatic rings. The fourth-order valence-corrected chi connectivity index (χ4v) is 1.65. The third-order valence-corrected chi connectivity index (χ3v) is 2.95. The van der Waals surface area contributed by atoms with Crippen molar-refractivity contribution >= 4 is 11.9 Å². The van der Waals surface area contributed by atoms with Crippen LogP contribution in [0.3, 0.4) is 0 Å². The van der Waals surface area contributed by atoms with Crippen LogP contribution < -0.4 is 0 Å². The van der Waals surface area contributed by atoms with Gasteiger partial charge in [-0.3, -0.25) is 0 Å². The van der Waals surface area contributed by atoms with Crippen molar-refractivity contribution in [1.29, 1.82) is 0 Å². The number of hydrogen-bond donors (Lipinski definition) is 8. The van der Waals surface area contributed by atoms with Gasteiger partial charge in [0.1, 0.15) is 12.2 Å². The Labute approximate surface area is 150 Å². The van der Waals surface area contributed by atoms with Crippen LogP contribution in [0.15, 0.2) is 23.0 Å². The third kappa shape index (κ3) is 4.98. The molecule has 0 fully saturated rings. The normalized spacial score (nSPS) is 24.8. The first-order valence-electron chi connectivity index (χ1n) is 6.39. The van der Waals surface area contributed by atoms with Crippen molar-refractivity contribution in [2.24, 2.45) is 0 Å². The summed E-state index contributed by atoms with van der Waals surface area (Å²) in [5.74, 6) is -5.56. The molecule has 12 nitrogen and oxygen atoms in total. The Morgan fingerprint density at radius 3 is 1.20 bits per heavy atom. The summed E-state index contributed by atoms with van der Waals surface area (Å²) in [6, 6.07) is 0. The number of ether oxygens (including phenoxy) is 2. The van der Waals surface area contributed by atoms with Gasteiger partial charge in [0.05, 0.1) is 13.2 Å². The van der Waals surface area contributed by atoms with E-state index in [9.17, 15) is 9.59 Å². The molecule has 13 heteroatoms. The Morgan fingerprint density at radius 1 is 0.760 bits per heavy atom. The first-order chi connectivity index (χ1) is 11.1. The number of hydrogen-bond acceptors (Lipinski definition) is 12. The zero-order valence-corrected chi connectivity index (χ0v) is 13.5. The van der Waals surface area contributed by atoms with E-state index in [1.54, 1.807) is 0 Å². The number of esters is 2. The summed E-state index contributed by atoms with van der Waals surface area (Å²) in [4.78, 5) is 21.1. The molecule has 0 spiro atoms. The molecule has 0 saturated carbocycles. The zero-order chi connectivity index (χ0) is 18.6. The van der Waals surface area contributed by atoms with Gasteiger partial charge in [-0.05, 0) is 0 Å². The number of cyclic esters (lactones) is 2. The van der Waals surface area contributed by atoms with Crippen molar-refractivity contribution in [3.63, 3.8) is 0 Å². The van der Waals surface area contributed by atoms with Crippen LogP contribution in [0.25, 0.3) is 0 Å². The SMILES string of the molecule is O=C1O[C@H]([C@@H](O)CO)C(O)=C1O.O=C1O[C@H]([C@@H](O)CO)C(O)=C1O.[Mn+2]. The molecular weight excluding hydrogens is 391 g/mol. The molecule has 0 saturated heterocycles. The van der Waals surface area contributed by atoms with Crippen molar-refractivity contribution in [2.75, 3.05) is 13.2 Å². The maximum absolute atomic E-state index is 10.5. The molecule has 2 aliphatic heterocycles. The Balaban J connectivity index is 0.000000443. The van der Waals surface area contributed by atoms with E-state index in [-0.39, 0.29) is 17.1 Å². The standard InChI is InChI=1S/2C6H8O6.Mn/c2*7-1-2(8)5-3(9)4(10)6(11)12-5;/h2*2,5,7-10H,1H2;/q;;+2/t2*2-,5+;/m00./s1. The molecule has 25 heavy (non-hydrogen) atoms. The van der Waals surface area contributed by atoms with Crippen LogP contribution in [0.4, 0.5) is 0 Å². The van der Waals surface area contributed by atoms with Crippen LogP contribution in [-0.4, -0.2) is 90.4 Å². The molecule has 0 aromatic heterocycles. The van der Waals surface area contributed by atoms with Crippen LogP contribution >= 0.6 is 0 Å². The van der Waals surface area contributed by atoms with E-state index >= 15 is 0 Å². The Hall–Kier alpha value is -2.02. The van der Waals surface area contributed by atoms with Gasteiger partial charge in [-0.1, -0.05) is 0 Å². The van der Waals surface area contributed by atoms with E-state index in [2.05, 4.69) is 9.47 Å². The minimum Gasteiger partial charge on any atom is -0.505 e. The maximum Gasteiger partial charge on any atom is 2.00 e. The second-order valence-corrected chi connectivity index (χ2v) is 4.62. The topological polar surface area (TPSA) is 214 Å². The fourth-order valence-electron chi connectivity index (χ4n) is 1.65. The van der Waals surface area contributed by atoms with Gasteiger partial charge < -0.3 is 50.3 Å². The third-order valence-electron chi connectivity index (χ3n) is 2.95. The molecule has 141 valence electrons. The molecule has 4 atom stereocenters. The molecule has 0 aliphatic carbocycles. The summed E-state index contributed by atoms with van der Waals surface area (Å²) >= 11 is 0. The Morgan fingerprint density at radius 2 is 1.04 bits per heavy atom. The second kappa shape index (κ2) is 9.46. The predicted octanol–water partition coefficient (Wildman–Crippen LogP) is -2.82. The first-order valence-corrected chi connectivity index (χ1v) is 6.39. The van der Waals surface area contributed by atoms with Crippen molar-refractivity contribution < 1.29 is 77.0 Å². The first kappa shape index (κ1) is 23.0. The molecule has 2 heterocycles. The van der Waals surface area contributed by atoms with Gasteiger partial charge in [0.15, 0.2) is 23.7 Å². The monoisotopic (exact) mass is 407 g/mol. The van der Waals surface area contributed by atoms with Crippen molar-refractivity contribution in [3.8, 4) is 0 Å². The molecule has 1 radical (unpaired) electrons. The van der Waals surface area contributed by atoms with Crippen LogP contribution in [0.2, 0.25) is 0 Å². The average molecular weight is 407 g/mol. The molecule has 0 bridgehead atoms. The number of rotatable bonds is 4. The number of carbonyl (C=O) groups is 2. The van der Waals surface area contributed by atoms with Crippen LogP contribution in [0.5, 0.6) is 0 Å². The summed E-state index contributed by atoms with van der Waals surface area (Å²) in [6.07, 6.45) is -5.55. The molecule has 0 aromatic carbocycles. The van der Waals surface area contributed by atoms with Gasteiger partial charge in [-0.25, -0.2) is 9.59 Å². The minimum atomic E-state index is -1.42. The van der Waals surface area contributed by atoms with Crippen LogP contribution in [0, 0.1) is 0 Å². The second-order valence-electron chi connectivity index (χ2n) is 4.62. The Kier molecular flexibility index (Phi) is 8.69. The van der Waals surface area contributed by atoms with Gasteiger partial charge in [0.2, 0.25) is 11.5 Å². The fraction of sp³-hybridized carbons (Fsp3) is 0.500. The van der Waals surface area contributed by atoms with E-state index in [1.165, 1.54) is 0 Å². The molecule has 8 N–H and O–H groups in total. The molecular formula is C12H16MnO12+2. The largest absolute Gasteiger partial charge is 2.00 e. The smallest absolute Gasteiger partial charge is 0.505 e. The van der Waals surface area contributed by atoms with Crippen molar-refractivity contribution in [2.45, 2.75) is 24.4 Å². The number of aliphatic hydroxyl groups is 8. The van der Waals surface area contributed by atoms with Crippen LogP contribution in [0.1, 0.15) is 0 Å². The maximum atomic E-state index is 10.5. The molecule has 0 amide bonds. The van der Waals surface area contributed by atoms with Gasteiger partial charge in [0.25, 0.3) is 0 Å². The molecule has 0 aromatic rings. The number of carbonyl (C=O) groups excluding carboxylic acids is 2. The van der Waals surface area contributed by atoms with E-state index < -0.39 is 72.6 Å². The molecule has 0 unspecified atom stereocenters. The average Bonchev–Trinajstić information content (AvgIpc) is 2.98. The van der Waals surface area contributed by atoms with E-state index in [1.807, 2.05) is 0 Å². The number of aliphatic hydroxyl groups excluding tert-OH is 8. The Bertz CT molecular complexity index is 520. The van der Waals surface area contributed by atoms with Gasteiger partial charge in [-0.2, -0.15) is 0 Å². The minimum absolute atomic E-state index is 0. The summed E-state index contributed by atoms with van der Waals surface area (Å²) in [5.41, 5.74) is 0. The van der Waals surface area contributed by atoms with E-state index in [0.29, 0.717) is 0 Å². The summed E-state index contributed by atoms with van der Waals surface area (Å²) in [6.45, 7) is -1.34. The van der Waals surface area contributed by atoms with Crippen LogP contribution in [-0.2, 0) is 36.1 Å². The quantitative estimate of drug-likeness (QED) is 0.175. The van der Waals surface area contributed by atoms with Gasteiger partial charge in [0, 0.05) is 0 Å². The predicted molar refractivity (Wildman–Crippen MR) is 70.5 cm³/mol. The summed E-state index contributed by atoms with van der Waals surface area (Å²) < 4.78 is 8.63. The van der Waals surface area contributed by atoms with E-state index in [4.69, 9.17) is 40.9 Å². The zero-order valence-electron chi connectivity index (χ0n) is 12.3. The van der Waals surface area contributed by atoms with Crippen molar-refractivity contribution in [3.05, 3.63) is 23.0 Å².